The van der Waals surface area contributed by atoms with Crippen LogP contribution in [0.3, 0.4) is 0 Å². The zero-order chi connectivity index (χ0) is 16.1. The minimum atomic E-state index is -0.162. The first-order valence-corrected chi connectivity index (χ1v) is 9.19. The van der Waals surface area contributed by atoms with Gasteiger partial charge < -0.3 is 0 Å². The fourth-order valence-electron chi connectivity index (χ4n) is 2.17. The molecule has 0 aliphatic rings. The van der Waals surface area contributed by atoms with Crippen molar-refractivity contribution < 1.29 is 4.39 Å². The Bertz CT molecular complexity index is 789. The Labute approximate surface area is 143 Å². The second-order valence-electron chi connectivity index (χ2n) is 4.90. The van der Waals surface area contributed by atoms with E-state index in [1.54, 1.807) is 30.2 Å². The van der Waals surface area contributed by atoms with Gasteiger partial charge in [-0.1, -0.05) is 42.1 Å². The van der Waals surface area contributed by atoms with Crippen LogP contribution in [-0.4, -0.2) is 26.3 Å². The summed E-state index contributed by atoms with van der Waals surface area (Å²) in [5, 5.41) is 9.06. The lowest BCUT2D eigenvalue weighted by Gasteiger charge is -2.09. The van der Waals surface area contributed by atoms with Gasteiger partial charge in [0.25, 0.3) is 0 Å². The van der Waals surface area contributed by atoms with Crippen molar-refractivity contribution in [2.75, 3.05) is 11.5 Å². The molecule has 3 rings (SSSR count). The van der Waals surface area contributed by atoms with Gasteiger partial charge in [-0.25, -0.2) is 4.39 Å². The monoisotopic (exact) mass is 345 g/mol. The average molecular weight is 345 g/mol. The molecule has 23 heavy (non-hydrogen) atoms. The number of aromatic nitrogens is 3. The summed E-state index contributed by atoms with van der Waals surface area (Å²) in [6.07, 6.45) is 1.73. The molecule has 6 heteroatoms. The standard InChI is InChI=1S/C17H16FN3S2/c1-13-6-2-4-8-15(13)21-12-19-20-17(21)23-11-10-22-16-9-5-3-7-14(16)18/h2-9,12H,10-11H2,1H3. The summed E-state index contributed by atoms with van der Waals surface area (Å²) in [6, 6.07) is 15.0. The van der Waals surface area contributed by atoms with Gasteiger partial charge in [-0.05, 0) is 30.7 Å². The summed E-state index contributed by atoms with van der Waals surface area (Å²) in [7, 11) is 0. The summed E-state index contributed by atoms with van der Waals surface area (Å²) in [5.41, 5.74) is 2.26. The number of thioether (sulfide) groups is 2. The summed E-state index contributed by atoms with van der Waals surface area (Å²) in [4.78, 5) is 0.688. The lowest BCUT2D eigenvalue weighted by Crippen LogP contribution is -1.98. The summed E-state index contributed by atoms with van der Waals surface area (Å²) in [6.45, 7) is 2.07. The number of nitrogens with zero attached hydrogens (tertiary/aromatic N) is 3. The van der Waals surface area contributed by atoms with E-state index in [4.69, 9.17) is 0 Å². The Hall–Kier alpha value is -1.79. The van der Waals surface area contributed by atoms with Crippen molar-refractivity contribution in [3.8, 4) is 5.69 Å². The zero-order valence-electron chi connectivity index (χ0n) is 12.6. The predicted molar refractivity (Wildman–Crippen MR) is 93.9 cm³/mol. The molecule has 2 aromatic carbocycles. The molecular weight excluding hydrogens is 329 g/mol. The van der Waals surface area contributed by atoms with Crippen molar-refractivity contribution in [1.29, 1.82) is 0 Å². The van der Waals surface area contributed by atoms with Gasteiger partial charge in [0.2, 0.25) is 0 Å². The Kier molecular flexibility index (Phi) is 5.35. The van der Waals surface area contributed by atoms with Crippen LogP contribution in [0.4, 0.5) is 4.39 Å². The molecule has 0 radical (unpaired) electrons. The lowest BCUT2D eigenvalue weighted by molar-refractivity contribution is 0.602. The van der Waals surface area contributed by atoms with Crippen LogP contribution in [0.15, 0.2) is 64.9 Å². The normalized spacial score (nSPS) is 10.9. The second-order valence-corrected chi connectivity index (χ2v) is 7.10. The van der Waals surface area contributed by atoms with E-state index in [2.05, 4.69) is 29.3 Å². The van der Waals surface area contributed by atoms with Crippen LogP contribution in [-0.2, 0) is 0 Å². The van der Waals surface area contributed by atoms with E-state index in [1.807, 2.05) is 22.8 Å². The summed E-state index contributed by atoms with van der Waals surface area (Å²) in [5.74, 6) is 1.49. The van der Waals surface area contributed by atoms with Crippen molar-refractivity contribution in [2.24, 2.45) is 0 Å². The quantitative estimate of drug-likeness (QED) is 0.482. The average Bonchev–Trinajstić information content (AvgIpc) is 3.02. The molecule has 0 amide bonds. The Balaban J connectivity index is 1.61. The van der Waals surface area contributed by atoms with Crippen molar-refractivity contribution in [2.45, 2.75) is 17.0 Å². The molecule has 0 saturated heterocycles. The van der Waals surface area contributed by atoms with Crippen LogP contribution in [0.2, 0.25) is 0 Å². The molecule has 3 nitrogen and oxygen atoms in total. The van der Waals surface area contributed by atoms with Gasteiger partial charge in [0.1, 0.15) is 12.1 Å². The lowest BCUT2D eigenvalue weighted by atomic mass is 10.2. The molecular formula is C17H16FN3S2. The van der Waals surface area contributed by atoms with Gasteiger partial charge in [0.15, 0.2) is 5.16 Å². The second kappa shape index (κ2) is 7.66. The third-order valence-electron chi connectivity index (χ3n) is 3.30. The molecule has 0 bridgehead atoms. The maximum absolute atomic E-state index is 13.6. The van der Waals surface area contributed by atoms with Gasteiger partial charge in [-0.3, -0.25) is 4.57 Å². The highest BCUT2D eigenvalue weighted by molar-refractivity contribution is 8.02. The largest absolute Gasteiger partial charge is 0.276 e. The minimum Gasteiger partial charge on any atom is -0.276 e. The maximum Gasteiger partial charge on any atom is 0.195 e. The first-order chi connectivity index (χ1) is 11.3. The molecule has 0 N–H and O–H groups in total. The van der Waals surface area contributed by atoms with E-state index in [-0.39, 0.29) is 5.82 Å². The van der Waals surface area contributed by atoms with E-state index >= 15 is 0 Å². The van der Waals surface area contributed by atoms with Crippen molar-refractivity contribution in [3.05, 3.63) is 66.2 Å². The van der Waals surface area contributed by atoms with Crippen LogP contribution < -0.4 is 0 Å². The minimum absolute atomic E-state index is 0.162. The molecule has 0 saturated carbocycles. The van der Waals surface area contributed by atoms with Crippen LogP contribution in [0.5, 0.6) is 0 Å². The Morgan fingerprint density at radius 3 is 2.57 bits per heavy atom. The first-order valence-electron chi connectivity index (χ1n) is 7.22. The molecule has 118 valence electrons. The highest BCUT2D eigenvalue weighted by Gasteiger charge is 2.09. The molecule has 0 fully saturated rings. The third kappa shape index (κ3) is 3.95. The third-order valence-corrected chi connectivity index (χ3v) is 5.55. The number of benzene rings is 2. The van der Waals surface area contributed by atoms with Crippen LogP contribution in [0.1, 0.15) is 5.56 Å². The van der Waals surface area contributed by atoms with Gasteiger partial charge in [0, 0.05) is 16.4 Å². The predicted octanol–water partition coefficient (Wildman–Crippen LogP) is 4.60. The number of hydrogen-bond acceptors (Lipinski definition) is 4. The molecule has 1 heterocycles. The van der Waals surface area contributed by atoms with Crippen molar-refractivity contribution in [3.63, 3.8) is 0 Å². The number of para-hydroxylation sites is 1. The highest BCUT2D eigenvalue weighted by Crippen LogP contribution is 2.25. The number of aryl methyl sites for hydroxylation is 1. The van der Waals surface area contributed by atoms with E-state index in [0.29, 0.717) is 4.90 Å². The van der Waals surface area contributed by atoms with Crippen LogP contribution in [0, 0.1) is 12.7 Å². The summed E-state index contributed by atoms with van der Waals surface area (Å²) >= 11 is 3.15. The molecule has 0 unspecified atom stereocenters. The maximum atomic E-state index is 13.6. The van der Waals surface area contributed by atoms with Crippen LogP contribution in [0.25, 0.3) is 5.69 Å². The van der Waals surface area contributed by atoms with E-state index in [9.17, 15) is 4.39 Å². The number of rotatable bonds is 6. The Morgan fingerprint density at radius 1 is 1.00 bits per heavy atom. The van der Waals surface area contributed by atoms with Gasteiger partial charge in [-0.15, -0.1) is 22.0 Å². The first kappa shape index (κ1) is 16.1. The topological polar surface area (TPSA) is 30.7 Å². The van der Waals surface area contributed by atoms with Gasteiger partial charge in [0.05, 0.1) is 5.69 Å². The SMILES string of the molecule is Cc1ccccc1-n1cnnc1SCCSc1ccccc1F. The van der Waals surface area contributed by atoms with Crippen molar-refractivity contribution in [1.82, 2.24) is 14.8 Å². The number of halogens is 1. The van der Waals surface area contributed by atoms with E-state index in [0.717, 1.165) is 22.3 Å². The molecule has 0 atom stereocenters. The van der Waals surface area contributed by atoms with E-state index < -0.39 is 0 Å². The fourth-order valence-corrected chi connectivity index (χ4v) is 4.01. The highest BCUT2D eigenvalue weighted by atomic mass is 32.2. The fraction of sp³-hybridized carbons (Fsp3) is 0.176. The Morgan fingerprint density at radius 2 is 1.74 bits per heavy atom. The van der Waals surface area contributed by atoms with Crippen molar-refractivity contribution >= 4 is 23.5 Å². The van der Waals surface area contributed by atoms with E-state index in [1.165, 1.54) is 23.4 Å². The van der Waals surface area contributed by atoms with Gasteiger partial charge >= 0.3 is 0 Å². The molecule has 3 aromatic rings. The van der Waals surface area contributed by atoms with Crippen LogP contribution >= 0.6 is 23.5 Å². The number of hydrogen-bond donors (Lipinski definition) is 0. The van der Waals surface area contributed by atoms with Gasteiger partial charge in [-0.2, -0.15) is 0 Å². The molecule has 0 aliphatic heterocycles. The molecule has 0 spiro atoms. The zero-order valence-corrected chi connectivity index (χ0v) is 14.3. The molecule has 0 aliphatic carbocycles. The molecule has 1 aromatic heterocycles. The summed E-state index contributed by atoms with van der Waals surface area (Å²) < 4.78 is 15.6. The smallest absolute Gasteiger partial charge is 0.195 e.